The van der Waals surface area contributed by atoms with Crippen LogP contribution in [0.4, 0.5) is 5.82 Å². The molecule has 0 saturated carbocycles. The normalized spacial score (nSPS) is 26.1. The molecule has 1 aromatic heterocycles. The number of halogens is 1. The number of nitrogens with two attached hydrogens (primary N) is 1. The Balaban J connectivity index is 2.42. The van der Waals surface area contributed by atoms with Crippen molar-refractivity contribution >= 4 is 38.2 Å². The number of hydrogen-bond acceptors (Lipinski definition) is 4. The van der Waals surface area contributed by atoms with E-state index in [1.54, 1.807) is 4.68 Å². The Labute approximate surface area is 134 Å². The molecular weight excluding hydrogens is 389 g/mol. The van der Waals surface area contributed by atoms with Crippen molar-refractivity contribution in [1.82, 2.24) is 9.78 Å². The second-order valence-electron chi connectivity index (χ2n) is 7.13. The average molecular weight is 411 g/mol. The van der Waals surface area contributed by atoms with Crippen LogP contribution in [-0.2, 0) is 21.8 Å². The zero-order valence-corrected chi connectivity index (χ0v) is 15.4. The van der Waals surface area contributed by atoms with Crippen LogP contribution in [0.25, 0.3) is 0 Å². The molecule has 2 rings (SSSR count). The van der Waals surface area contributed by atoms with Gasteiger partial charge in [-0.2, -0.15) is 5.10 Å². The summed E-state index contributed by atoms with van der Waals surface area (Å²) < 4.78 is 26.2. The summed E-state index contributed by atoms with van der Waals surface area (Å²) in [6, 6.07) is 0. The molecule has 5 nitrogen and oxygen atoms in total. The van der Waals surface area contributed by atoms with Crippen LogP contribution in [0.5, 0.6) is 0 Å². The molecule has 1 atom stereocenters. The molecule has 1 aliphatic rings. The van der Waals surface area contributed by atoms with Gasteiger partial charge in [-0.15, -0.1) is 0 Å². The van der Waals surface area contributed by atoms with E-state index in [9.17, 15) is 8.42 Å². The minimum absolute atomic E-state index is 0.119. The largest absolute Gasteiger partial charge is 0.383 e. The Kier molecular flexibility index (Phi) is 3.90. The van der Waals surface area contributed by atoms with Crippen LogP contribution in [0.2, 0.25) is 0 Å². The topological polar surface area (TPSA) is 78.0 Å². The van der Waals surface area contributed by atoms with E-state index in [-0.39, 0.29) is 16.9 Å². The number of nitrogens with zero attached hydrogens (tertiary/aromatic N) is 2. The van der Waals surface area contributed by atoms with Gasteiger partial charge in [-0.25, -0.2) is 13.1 Å². The van der Waals surface area contributed by atoms with E-state index in [1.165, 1.54) is 0 Å². The van der Waals surface area contributed by atoms with Crippen molar-refractivity contribution < 1.29 is 8.42 Å². The number of nitrogen functional groups attached to an aromatic ring is 1. The monoisotopic (exact) mass is 411 g/mol. The van der Waals surface area contributed by atoms with E-state index in [4.69, 9.17) is 5.73 Å². The summed E-state index contributed by atoms with van der Waals surface area (Å²) in [5.41, 5.74) is 6.74. The number of anilines is 1. The third-order valence-corrected chi connectivity index (χ3v) is 6.68. The molecule has 0 aromatic carbocycles. The van der Waals surface area contributed by atoms with Gasteiger partial charge in [-0.1, -0.05) is 20.8 Å². The summed E-state index contributed by atoms with van der Waals surface area (Å²) >= 11 is 2.21. The van der Waals surface area contributed by atoms with Crippen LogP contribution < -0.4 is 5.73 Å². The van der Waals surface area contributed by atoms with Crippen LogP contribution in [0.15, 0.2) is 0 Å². The molecule has 1 saturated heterocycles. The van der Waals surface area contributed by atoms with Gasteiger partial charge in [0.2, 0.25) is 0 Å². The van der Waals surface area contributed by atoms with Crippen LogP contribution in [0.1, 0.15) is 39.8 Å². The highest BCUT2D eigenvalue weighted by atomic mass is 127. The summed E-state index contributed by atoms with van der Waals surface area (Å²) in [5, 5.41) is 4.63. The van der Waals surface area contributed by atoms with Gasteiger partial charge < -0.3 is 5.73 Å². The molecule has 0 amide bonds. The summed E-state index contributed by atoms with van der Waals surface area (Å²) in [6.07, 6.45) is 1.40. The fourth-order valence-electron chi connectivity index (χ4n) is 2.65. The molecule has 2 N–H and O–H groups in total. The molecule has 2 heterocycles. The van der Waals surface area contributed by atoms with Crippen molar-refractivity contribution in [3.63, 3.8) is 0 Å². The van der Waals surface area contributed by atoms with Crippen molar-refractivity contribution in [2.45, 2.75) is 46.1 Å². The third-order valence-electron chi connectivity index (χ3n) is 3.62. The first-order chi connectivity index (χ1) is 8.94. The fraction of sp³-hybridized carbons (Fsp3) is 0.769. The van der Waals surface area contributed by atoms with Crippen LogP contribution in [0, 0.1) is 8.99 Å². The number of sulfone groups is 1. The van der Waals surface area contributed by atoms with Gasteiger partial charge >= 0.3 is 0 Å². The molecular formula is C13H22IN3O2S. The first-order valence-corrected chi connectivity index (χ1v) is 9.57. The summed E-state index contributed by atoms with van der Waals surface area (Å²) in [5.74, 6) is 0.926. The van der Waals surface area contributed by atoms with E-state index in [0.29, 0.717) is 12.2 Å². The van der Waals surface area contributed by atoms with Crippen LogP contribution in [-0.4, -0.2) is 29.7 Å². The van der Waals surface area contributed by atoms with Crippen molar-refractivity contribution in [2.75, 3.05) is 17.2 Å². The molecule has 20 heavy (non-hydrogen) atoms. The number of hydrogen-bond donors (Lipinski definition) is 1. The Bertz CT molecular complexity index is 631. The number of rotatable bonds is 2. The molecule has 1 unspecified atom stereocenters. The maximum absolute atomic E-state index is 11.8. The lowest BCUT2D eigenvalue weighted by Gasteiger charge is -2.24. The predicted molar refractivity (Wildman–Crippen MR) is 89.4 cm³/mol. The second kappa shape index (κ2) is 4.86. The highest BCUT2D eigenvalue weighted by Gasteiger charge is 2.42. The summed E-state index contributed by atoms with van der Waals surface area (Å²) in [7, 11) is -2.98. The van der Waals surface area contributed by atoms with E-state index in [0.717, 1.165) is 15.7 Å². The van der Waals surface area contributed by atoms with Gasteiger partial charge in [0.15, 0.2) is 9.84 Å². The van der Waals surface area contributed by atoms with Gasteiger partial charge in [0.05, 0.1) is 26.3 Å². The fourth-order valence-corrected chi connectivity index (χ4v) is 5.28. The summed E-state index contributed by atoms with van der Waals surface area (Å²) in [4.78, 5) is 0. The van der Waals surface area contributed by atoms with Gasteiger partial charge in [-0.3, -0.25) is 0 Å². The Morgan fingerprint density at radius 3 is 2.50 bits per heavy atom. The Morgan fingerprint density at radius 2 is 2.05 bits per heavy atom. The first-order valence-electron chi connectivity index (χ1n) is 6.67. The van der Waals surface area contributed by atoms with Crippen LogP contribution in [0.3, 0.4) is 0 Å². The molecule has 7 heteroatoms. The smallest absolute Gasteiger partial charge is 0.152 e. The summed E-state index contributed by atoms with van der Waals surface area (Å²) in [6.45, 7) is 8.39. The Hall–Kier alpha value is -0.310. The minimum Gasteiger partial charge on any atom is -0.383 e. The van der Waals surface area contributed by atoms with Crippen molar-refractivity contribution in [2.24, 2.45) is 5.41 Å². The lowest BCUT2D eigenvalue weighted by Crippen LogP contribution is -2.33. The molecule has 0 radical (unpaired) electrons. The lowest BCUT2D eigenvalue weighted by atomic mass is 9.91. The predicted octanol–water partition coefficient (Wildman–Crippen LogP) is 2.19. The molecule has 1 fully saturated rings. The van der Waals surface area contributed by atoms with Crippen molar-refractivity contribution in [1.29, 1.82) is 0 Å². The average Bonchev–Trinajstić information content (AvgIpc) is 2.69. The zero-order chi connectivity index (χ0) is 15.3. The van der Waals surface area contributed by atoms with E-state index < -0.39 is 15.4 Å². The highest BCUT2D eigenvalue weighted by molar-refractivity contribution is 14.1. The molecule has 0 aliphatic carbocycles. The standard InChI is InChI=1S/C13H22IN3O2S/c1-12(2,3)7-9-10(14)11(15)17(16-9)13(4)5-6-20(18,19)8-13/h5-8,15H2,1-4H3. The highest BCUT2D eigenvalue weighted by Crippen LogP contribution is 2.35. The quantitative estimate of drug-likeness (QED) is 0.757. The molecule has 0 bridgehead atoms. The van der Waals surface area contributed by atoms with E-state index in [2.05, 4.69) is 48.5 Å². The third kappa shape index (κ3) is 3.13. The molecule has 1 aromatic rings. The molecule has 114 valence electrons. The van der Waals surface area contributed by atoms with E-state index in [1.807, 2.05) is 6.92 Å². The van der Waals surface area contributed by atoms with Gasteiger partial charge in [0.25, 0.3) is 0 Å². The lowest BCUT2D eigenvalue weighted by molar-refractivity contribution is 0.326. The maximum Gasteiger partial charge on any atom is 0.152 e. The molecule has 1 aliphatic heterocycles. The van der Waals surface area contributed by atoms with Gasteiger partial charge in [0, 0.05) is 0 Å². The van der Waals surface area contributed by atoms with Crippen LogP contribution >= 0.6 is 22.6 Å². The first kappa shape index (κ1) is 16.1. The SMILES string of the molecule is CC(C)(C)Cc1nn(C2(C)CCS(=O)(=O)C2)c(N)c1I. The number of aromatic nitrogens is 2. The second-order valence-corrected chi connectivity index (χ2v) is 10.4. The maximum atomic E-state index is 11.8. The minimum atomic E-state index is -2.98. The van der Waals surface area contributed by atoms with Crippen molar-refractivity contribution in [3.8, 4) is 0 Å². The Morgan fingerprint density at radius 1 is 1.45 bits per heavy atom. The molecule has 0 spiro atoms. The van der Waals surface area contributed by atoms with E-state index >= 15 is 0 Å². The zero-order valence-electron chi connectivity index (χ0n) is 12.4. The van der Waals surface area contributed by atoms with Gasteiger partial charge in [0.1, 0.15) is 5.82 Å². The van der Waals surface area contributed by atoms with Gasteiger partial charge in [-0.05, 0) is 47.8 Å². The van der Waals surface area contributed by atoms with Crippen molar-refractivity contribution in [3.05, 3.63) is 9.26 Å².